The van der Waals surface area contributed by atoms with Crippen LogP contribution in [0, 0.1) is 0 Å². The minimum atomic E-state index is -0.144. The maximum atomic E-state index is 6.11. The number of hydrogen-bond acceptors (Lipinski definition) is 2. The number of benzene rings is 5. The highest BCUT2D eigenvalue weighted by Crippen LogP contribution is 2.38. The molecule has 0 spiro atoms. The Morgan fingerprint density at radius 2 is 1.00 bits per heavy atom. The number of hydrogen-bond donors (Lipinski definition) is 0. The highest BCUT2D eigenvalue weighted by molar-refractivity contribution is 6.01. The lowest BCUT2D eigenvalue weighted by molar-refractivity contribution is -0.742. The van der Waals surface area contributed by atoms with Gasteiger partial charge < -0.3 is 9.47 Å². The van der Waals surface area contributed by atoms with Crippen LogP contribution in [0.1, 0.15) is 31.9 Å². The highest BCUT2D eigenvalue weighted by atomic mass is 16.5. The summed E-state index contributed by atoms with van der Waals surface area (Å²) in [7, 11) is 0. The van der Waals surface area contributed by atoms with Gasteiger partial charge in [-0.15, -0.1) is 0 Å². The van der Waals surface area contributed by atoms with E-state index in [4.69, 9.17) is 9.47 Å². The Hall–Kier alpha value is -4.89. The lowest BCUT2D eigenvalue weighted by Crippen LogP contribution is -2.51. The molecule has 3 nitrogen and oxygen atoms in total. The molecule has 0 saturated heterocycles. The third-order valence-corrected chi connectivity index (χ3v) is 7.47. The Labute approximate surface area is 248 Å². The van der Waals surface area contributed by atoms with Gasteiger partial charge in [-0.25, -0.2) is 0 Å². The number of aromatic nitrogens is 1. The van der Waals surface area contributed by atoms with Crippen molar-refractivity contribution in [2.45, 2.75) is 39.5 Å². The Morgan fingerprint density at radius 1 is 0.524 bits per heavy atom. The van der Waals surface area contributed by atoms with Crippen LogP contribution in [-0.2, 0) is 18.8 Å². The zero-order valence-electron chi connectivity index (χ0n) is 24.5. The molecule has 5 aromatic carbocycles. The third-order valence-electron chi connectivity index (χ3n) is 7.47. The SMILES string of the molecule is CC(C)(C)[n+]1cc2ccccc2c(-c2ccc(OCc3ccccc3)cc2)c1-c1ccc(OCc2ccccc2)cc1. The summed E-state index contributed by atoms with van der Waals surface area (Å²) in [4.78, 5) is 0. The van der Waals surface area contributed by atoms with E-state index in [9.17, 15) is 0 Å². The van der Waals surface area contributed by atoms with Crippen LogP contribution in [0.3, 0.4) is 0 Å². The van der Waals surface area contributed by atoms with Crippen LogP contribution in [0.25, 0.3) is 33.2 Å². The number of ether oxygens (including phenoxy) is 2. The second-order valence-corrected chi connectivity index (χ2v) is 11.6. The first-order valence-corrected chi connectivity index (χ1v) is 14.5. The summed E-state index contributed by atoms with van der Waals surface area (Å²) in [6.07, 6.45) is 2.28. The molecule has 0 aliphatic rings. The summed E-state index contributed by atoms with van der Waals surface area (Å²) < 4.78 is 14.6. The topological polar surface area (TPSA) is 22.3 Å². The van der Waals surface area contributed by atoms with Crippen molar-refractivity contribution in [3.05, 3.63) is 151 Å². The fourth-order valence-corrected chi connectivity index (χ4v) is 5.30. The third kappa shape index (κ3) is 6.06. The van der Waals surface area contributed by atoms with Crippen LogP contribution in [0.4, 0.5) is 0 Å². The summed E-state index contributed by atoms with van der Waals surface area (Å²) in [5.41, 5.74) is 6.83. The van der Waals surface area contributed by atoms with E-state index < -0.39 is 0 Å². The molecule has 0 aliphatic carbocycles. The minimum Gasteiger partial charge on any atom is -0.489 e. The van der Waals surface area contributed by atoms with E-state index in [0.717, 1.165) is 33.8 Å². The molecular weight excluding hydrogens is 514 g/mol. The molecule has 0 atom stereocenters. The molecule has 0 saturated carbocycles. The van der Waals surface area contributed by atoms with Crippen LogP contribution in [0.2, 0.25) is 0 Å². The fraction of sp³-hybridized carbons (Fsp3) is 0.154. The standard InChI is InChI=1S/C39H36NO2/c1-39(2,3)40-26-33-16-10-11-17-36(33)37(31-18-22-34(23-19-31)41-27-29-12-6-4-7-13-29)38(40)32-20-24-35(25-21-32)42-28-30-14-8-5-9-15-30/h4-26H,27-28H2,1-3H3/q+1. The molecule has 3 heteroatoms. The highest BCUT2D eigenvalue weighted by Gasteiger charge is 2.31. The van der Waals surface area contributed by atoms with Crippen molar-refractivity contribution < 1.29 is 14.0 Å². The van der Waals surface area contributed by atoms with E-state index in [-0.39, 0.29) is 5.54 Å². The first-order valence-electron chi connectivity index (χ1n) is 14.5. The van der Waals surface area contributed by atoms with Crippen molar-refractivity contribution in [1.82, 2.24) is 0 Å². The van der Waals surface area contributed by atoms with E-state index in [1.165, 1.54) is 22.0 Å². The summed E-state index contributed by atoms with van der Waals surface area (Å²) in [5.74, 6) is 1.71. The maximum absolute atomic E-state index is 6.11. The maximum Gasteiger partial charge on any atom is 0.221 e. The molecule has 0 radical (unpaired) electrons. The smallest absolute Gasteiger partial charge is 0.221 e. The summed E-state index contributed by atoms with van der Waals surface area (Å²) >= 11 is 0. The van der Waals surface area contributed by atoms with Gasteiger partial charge in [0.2, 0.25) is 5.69 Å². The molecule has 42 heavy (non-hydrogen) atoms. The van der Waals surface area contributed by atoms with Crippen molar-refractivity contribution in [1.29, 1.82) is 0 Å². The first-order chi connectivity index (χ1) is 20.5. The van der Waals surface area contributed by atoms with Gasteiger partial charge in [0.15, 0.2) is 11.7 Å². The van der Waals surface area contributed by atoms with Crippen molar-refractivity contribution in [2.75, 3.05) is 0 Å². The van der Waals surface area contributed by atoms with Crippen molar-refractivity contribution >= 4 is 10.8 Å². The molecule has 0 N–H and O–H groups in total. The van der Waals surface area contributed by atoms with Crippen molar-refractivity contribution in [3.63, 3.8) is 0 Å². The Morgan fingerprint density at radius 3 is 1.52 bits per heavy atom. The van der Waals surface area contributed by atoms with E-state index in [1.54, 1.807) is 0 Å². The van der Waals surface area contributed by atoms with E-state index >= 15 is 0 Å². The largest absolute Gasteiger partial charge is 0.489 e. The van der Waals surface area contributed by atoms with E-state index in [2.05, 4.69) is 129 Å². The molecule has 1 aromatic heterocycles. The number of rotatable bonds is 8. The second kappa shape index (κ2) is 11.9. The molecule has 0 bridgehead atoms. The average molecular weight is 551 g/mol. The van der Waals surface area contributed by atoms with Gasteiger partial charge in [-0.3, -0.25) is 0 Å². The monoisotopic (exact) mass is 550 g/mol. The van der Waals surface area contributed by atoms with E-state index in [1.807, 2.05) is 36.4 Å². The summed E-state index contributed by atoms with van der Waals surface area (Å²) in [6.45, 7) is 7.86. The molecule has 208 valence electrons. The van der Waals surface area contributed by atoms with Crippen molar-refractivity contribution in [2.24, 2.45) is 0 Å². The molecule has 0 fully saturated rings. The fourth-order valence-electron chi connectivity index (χ4n) is 5.30. The van der Waals surface area contributed by atoms with Gasteiger partial charge in [-0.2, -0.15) is 4.57 Å². The Balaban J connectivity index is 1.40. The molecule has 0 unspecified atom stereocenters. The minimum absolute atomic E-state index is 0.144. The van der Waals surface area contributed by atoms with Gasteiger partial charge in [0.1, 0.15) is 24.7 Å². The second-order valence-electron chi connectivity index (χ2n) is 11.6. The predicted molar refractivity (Wildman–Crippen MR) is 172 cm³/mol. The summed E-state index contributed by atoms with van der Waals surface area (Å²) in [5, 5.41) is 2.42. The van der Waals surface area contributed by atoms with Gasteiger partial charge in [0.05, 0.1) is 5.56 Å². The van der Waals surface area contributed by atoms with Gasteiger partial charge in [0, 0.05) is 37.1 Å². The number of nitrogens with zero attached hydrogens (tertiary/aromatic N) is 1. The number of fused-ring (bicyclic) bond motifs is 1. The molecular formula is C39H36NO2+. The normalized spacial score (nSPS) is 11.4. The molecule has 6 aromatic rings. The van der Waals surface area contributed by atoms with Gasteiger partial charge >= 0.3 is 0 Å². The average Bonchev–Trinajstić information content (AvgIpc) is 3.03. The Bertz CT molecular complexity index is 1770. The predicted octanol–water partition coefficient (Wildman–Crippen LogP) is 9.37. The first kappa shape index (κ1) is 27.3. The van der Waals surface area contributed by atoms with Gasteiger partial charge in [-0.1, -0.05) is 91.0 Å². The van der Waals surface area contributed by atoms with Crippen LogP contribution < -0.4 is 14.0 Å². The van der Waals surface area contributed by atoms with E-state index in [0.29, 0.717) is 13.2 Å². The van der Waals surface area contributed by atoms with Crippen LogP contribution in [0.15, 0.2) is 140 Å². The molecule has 6 rings (SSSR count). The molecule has 0 aliphatic heterocycles. The van der Waals surface area contributed by atoms with Crippen LogP contribution >= 0.6 is 0 Å². The summed E-state index contributed by atoms with van der Waals surface area (Å²) in [6, 6.07) is 46.2. The van der Waals surface area contributed by atoms with Crippen LogP contribution in [0.5, 0.6) is 11.5 Å². The van der Waals surface area contributed by atoms with Gasteiger partial charge in [-0.05, 0) is 59.2 Å². The number of pyridine rings is 1. The quantitative estimate of drug-likeness (QED) is 0.176. The lowest BCUT2D eigenvalue weighted by Gasteiger charge is -2.21. The van der Waals surface area contributed by atoms with Gasteiger partial charge in [0.25, 0.3) is 0 Å². The van der Waals surface area contributed by atoms with Crippen molar-refractivity contribution in [3.8, 4) is 33.9 Å². The zero-order valence-corrected chi connectivity index (χ0v) is 24.5. The lowest BCUT2D eigenvalue weighted by atomic mass is 9.91. The molecule has 0 amide bonds. The molecule has 1 heterocycles. The Kier molecular flexibility index (Phi) is 7.74. The zero-order chi connectivity index (χ0) is 28.9. The van der Waals surface area contributed by atoms with Crippen LogP contribution in [-0.4, -0.2) is 0 Å².